The number of rotatable bonds is 7. The van der Waals surface area contributed by atoms with Crippen molar-refractivity contribution in [3.63, 3.8) is 0 Å². The van der Waals surface area contributed by atoms with E-state index >= 15 is 0 Å². The summed E-state index contributed by atoms with van der Waals surface area (Å²) in [4.78, 5) is 25.7. The molecule has 1 aromatic rings. The molecule has 1 aromatic carbocycles. The predicted octanol–water partition coefficient (Wildman–Crippen LogP) is 2.75. The molecule has 0 heterocycles. The molecule has 0 bridgehead atoms. The SMILES string of the molecule is CN(CC(C)(C)CN)C(=O)CCC(=O)c1ccc(Cl)cc1. The summed E-state index contributed by atoms with van der Waals surface area (Å²) >= 11 is 5.78. The van der Waals surface area contributed by atoms with Gasteiger partial charge in [0.05, 0.1) is 0 Å². The third-order valence-electron chi connectivity index (χ3n) is 3.38. The van der Waals surface area contributed by atoms with Crippen LogP contribution in [0.15, 0.2) is 24.3 Å². The molecule has 0 saturated heterocycles. The van der Waals surface area contributed by atoms with Gasteiger partial charge in [-0.2, -0.15) is 0 Å². The van der Waals surface area contributed by atoms with Gasteiger partial charge < -0.3 is 10.6 Å². The van der Waals surface area contributed by atoms with Gasteiger partial charge in [-0.15, -0.1) is 0 Å². The summed E-state index contributed by atoms with van der Waals surface area (Å²) < 4.78 is 0. The summed E-state index contributed by atoms with van der Waals surface area (Å²) in [5.74, 6) is -0.0923. The molecule has 0 aliphatic heterocycles. The number of halogens is 1. The van der Waals surface area contributed by atoms with Crippen LogP contribution >= 0.6 is 11.6 Å². The normalized spacial score (nSPS) is 11.3. The maximum atomic E-state index is 12.0. The first kappa shape index (κ1) is 17.7. The van der Waals surface area contributed by atoms with Crippen molar-refractivity contribution in [1.29, 1.82) is 0 Å². The Morgan fingerprint density at radius 3 is 2.29 bits per heavy atom. The highest BCUT2D eigenvalue weighted by Crippen LogP contribution is 2.16. The molecule has 0 atom stereocenters. The van der Waals surface area contributed by atoms with Gasteiger partial charge in [0.25, 0.3) is 0 Å². The molecule has 0 spiro atoms. The molecule has 21 heavy (non-hydrogen) atoms. The second-order valence-electron chi connectivity index (χ2n) is 6.05. The number of hydrogen-bond donors (Lipinski definition) is 1. The third-order valence-corrected chi connectivity index (χ3v) is 3.63. The molecule has 0 radical (unpaired) electrons. The number of Topliss-reactive ketones (excluding diaryl/α,β-unsaturated/α-hetero) is 1. The predicted molar refractivity (Wildman–Crippen MR) is 85.5 cm³/mol. The standard InChI is InChI=1S/C16H23ClN2O2/c1-16(2,10-18)11-19(3)15(21)9-8-14(20)12-4-6-13(17)7-5-12/h4-7H,8-11,18H2,1-3H3. The smallest absolute Gasteiger partial charge is 0.222 e. The summed E-state index contributed by atoms with van der Waals surface area (Å²) in [5, 5.41) is 0.589. The second-order valence-corrected chi connectivity index (χ2v) is 6.48. The molecule has 0 aliphatic carbocycles. The monoisotopic (exact) mass is 310 g/mol. The van der Waals surface area contributed by atoms with Gasteiger partial charge >= 0.3 is 0 Å². The van der Waals surface area contributed by atoms with E-state index in [-0.39, 0.29) is 29.9 Å². The molecule has 1 rings (SSSR count). The van der Waals surface area contributed by atoms with Crippen LogP contribution in [-0.2, 0) is 4.79 Å². The molecular formula is C16H23ClN2O2. The van der Waals surface area contributed by atoms with E-state index in [9.17, 15) is 9.59 Å². The lowest BCUT2D eigenvalue weighted by molar-refractivity contribution is -0.131. The molecule has 116 valence electrons. The lowest BCUT2D eigenvalue weighted by atomic mass is 9.93. The van der Waals surface area contributed by atoms with Gasteiger partial charge in [-0.3, -0.25) is 9.59 Å². The zero-order chi connectivity index (χ0) is 16.0. The minimum Gasteiger partial charge on any atom is -0.345 e. The van der Waals surface area contributed by atoms with Gasteiger partial charge in [0.15, 0.2) is 5.78 Å². The highest BCUT2D eigenvalue weighted by atomic mass is 35.5. The van der Waals surface area contributed by atoms with Gasteiger partial charge in [0.2, 0.25) is 5.91 Å². The van der Waals surface area contributed by atoms with Crippen molar-refractivity contribution in [3.05, 3.63) is 34.9 Å². The van der Waals surface area contributed by atoms with Gasteiger partial charge in [0, 0.05) is 37.0 Å². The number of ketones is 1. The average Bonchev–Trinajstić information content (AvgIpc) is 2.44. The van der Waals surface area contributed by atoms with Crippen molar-refractivity contribution >= 4 is 23.3 Å². The molecular weight excluding hydrogens is 288 g/mol. The fourth-order valence-electron chi connectivity index (χ4n) is 1.99. The number of amides is 1. The van der Waals surface area contributed by atoms with E-state index in [0.29, 0.717) is 23.7 Å². The molecule has 0 aromatic heterocycles. The quantitative estimate of drug-likeness (QED) is 0.788. The Morgan fingerprint density at radius 2 is 1.76 bits per heavy atom. The van der Waals surface area contributed by atoms with Crippen molar-refractivity contribution in [1.82, 2.24) is 4.90 Å². The van der Waals surface area contributed by atoms with Crippen LogP contribution in [0.25, 0.3) is 0 Å². The summed E-state index contributed by atoms with van der Waals surface area (Å²) in [7, 11) is 1.74. The first-order valence-corrected chi connectivity index (χ1v) is 7.36. The minimum atomic E-state index is -0.120. The minimum absolute atomic E-state index is 0.0427. The number of carbonyl (C=O) groups excluding carboxylic acids is 2. The summed E-state index contributed by atoms with van der Waals surface area (Å²) in [5.41, 5.74) is 6.12. The van der Waals surface area contributed by atoms with E-state index in [1.165, 1.54) is 0 Å². The Hall–Kier alpha value is -1.39. The van der Waals surface area contributed by atoms with Crippen molar-refractivity contribution < 1.29 is 9.59 Å². The van der Waals surface area contributed by atoms with Crippen molar-refractivity contribution in [2.24, 2.45) is 11.1 Å². The van der Waals surface area contributed by atoms with Crippen molar-refractivity contribution in [3.8, 4) is 0 Å². The number of hydrogen-bond acceptors (Lipinski definition) is 3. The zero-order valence-electron chi connectivity index (χ0n) is 12.9. The molecule has 5 heteroatoms. The number of nitrogens with two attached hydrogens (primary N) is 1. The number of carbonyl (C=O) groups is 2. The maximum Gasteiger partial charge on any atom is 0.222 e. The van der Waals surface area contributed by atoms with Crippen LogP contribution in [0.3, 0.4) is 0 Å². The van der Waals surface area contributed by atoms with Crippen LogP contribution in [0.2, 0.25) is 5.02 Å². The molecule has 0 saturated carbocycles. The maximum absolute atomic E-state index is 12.0. The van der Waals surface area contributed by atoms with Crippen LogP contribution in [0.1, 0.15) is 37.0 Å². The van der Waals surface area contributed by atoms with E-state index in [1.54, 1.807) is 36.2 Å². The van der Waals surface area contributed by atoms with Gasteiger partial charge in [-0.25, -0.2) is 0 Å². The molecule has 0 fully saturated rings. The van der Waals surface area contributed by atoms with E-state index < -0.39 is 0 Å². The lowest BCUT2D eigenvalue weighted by Gasteiger charge is -2.29. The van der Waals surface area contributed by atoms with Crippen LogP contribution in [0.5, 0.6) is 0 Å². The Kier molecular flexibility index (Phi) is 6.37. The fourth-order valence-corrected chi connectivity index (χ4v) is 2.11. The van der Waals surface area contributed by atoms with Crippen LogP contribution in [0.4, 0.5) is 0 Å². The highest BCUT2D eigenvalue weighted by molar-refractivity contribution is 6.30. The van der Waals surface area contributed by atoms with Gasteiger partial charge in [-0.1, -0.05) is 25.4 Å². The Balaban J connectivity index is 2.49. The fraction of sp³-hybridized carbons (Fsp3) is 0.500. The van der Waals surface area contributed by atoms with E-state index in [2.05, 4.69) is 0 Å². The van der Waals surface area contributed by atoms with Crippen LogP contribution in [0, 0.1) is 5.41 Å². The highest BCUT2D eigenvalue weighted by Gasteiger charge is 2.21. The van der Waals surface area contributed by atoms with Crippen LogP contribution < -0.4 is 5.73 Å². The Labute approximate surface area is 131 Å². The molecule has 0 unspecified atom stereocenters. The molecule has 2 N–H and O–H groups in total. The summed E-state index contributed by atoms with van der Waals surface area (Å²) in [6, 6.07) is 6.70. The molecule has 1 amide bonds. The lowest BCUT2D eigenvalue weighted by Crippen LogP contribution is -2.39. The first-order chi connectivity index (χ1) is 9.75. The van der Waals surface area contributed by atoms with E-state index in [1.807, 2.05) is 13.8 Å². The third kappa shape index (κ3) is 5.86. The number of nitrogens with zero attached hydrogens (tertiary/aromatic N) is 1. The summed E-state index contributed by atoms with van der Waals surface area (Å²) in [6.07, 6.45) is 0.409. The molecule has 0 aliphatic rings. The van der Waals surface area contributed by atoms with Crippen molar-refractivity contribution in [2.75, 3.05) is 20.1 Å². The van der Waals surface area contributed by atoms with Gasteiger partial charge in [-0.05, 0) is 36.2 Å². The Morgan fingerprint density at radius 1 is 1.19 bits per heavy atom. The largest absolute Gasteiger partial charge is 0.345 e. The van der Waals surface area contributed by atoms with Gasteiger partial charge in [0.1, 0.15) is 0 Å². The number of benzene rings is 1. The first-order valence-electron chi connectivity index (χ1n) is 6.98. The topological polar surface area (TPSA) is 63.4 Å². The molecule has 4 nitrogen and oxygen atoms in total. The summed E-state index contributed by atoms with van der Waals surface area (Å²) in [6.45, 7) is 5.11. The van der Waals surface area contributed by atoms with E-state index in [0.717, 1.165) is 0 Å². The zero-order valence-corrected chi connectivity index (χ0v) is 13.6. The second kappa shape index (κ2) is 7.57. The van der Waals surface area contributed by atoms with E-state index in [4.69, 9.17) is 17.3 Å². The average molecular weight is 311 g/mol. The Bertz CT molecular complexity index is 498. The van der Waals surface area contributed by atoms with Crippen LogP contribution in [-0.4, -0.2) is 36.7 Å². The van der Waals surface area contributed by atoms with Crippen molar-refractivity contribution in [2.45, 2.75) is 26.7 Å².